The van der Waals surface area contributed by atoms with Crippen molar-refractivity contribution in [1.82, 2.24) is 10.2 Å². The number of aryl methyl sites for hydroxylation is 1. The monoisotopic (exact) mass is 521 g/mol. The molecule has 1 aliphatic rings. The standard InChI is InChI=1S/C24H31N3O2.HI/c1-25-24(27-16-13-21(14-17-27)20-9-5-4-6-10-20)26-15-7-8-19-11-12-22(28-2)23(18-19)29-3;/h4-6,9-13,18H,7-8,14-17H2,1-3H3,(H,25,26);1H. The predicted octanol–water partition coefficient (Wildman–Crippen LogP) is 4.62. The molecule has 0 fully saturated rings. The molecular weight excluding hydrogens is 489 g/mol. The van der Waals surface area contributed by atoms with E-state index in [-0.39, 0.29) is 24.0 Å². The number of hydrogen-bond donors (Lipinski definition) is 1. The van der Waals surface area contributed by atoms with E-state index in [2.05, 4.69) is 57.7 Å². The molecule has 5 nitrogen and oxygen atoms in total. The van der Waals surface area contributed by atoms with Gasteiger partial charge >= 0.3 is 0 Å². The Morgan fingerprint density at radius 1 is 1.07 bits per heavy atom. The number of nitrogens with one attached hydrogen (secondary N) is 1. The maximum atomic E-state index is 5.39. The summed E-state index contributed by atoms with van der Waals surface area (Å²) < 4.78 is 10.7. The van der Waals surface area contributed by atoms with Gasteiger partial charge in [0.25, 0.3) is 0 Å². The van der Waals surface area contributed by atoms with Gasteiger partial charge in [-0.25, -0.2) is 0 Å². The third-order valence-electron chi connectivity index (χ3n) is 5.24. The van der Waals surface area contributed by atoms with Crippen LogP contribution in [0.4, 0.5) is 0 Å². The van der Waals surface area contributed by atoms with Gasteiger partial charge < -0.3 is 19.7 Å². The van der Waals surface area contributed by atoms with Gasteiger partial charge in [0.15, 0.2) is 17.5 Å². The molecule has 0 aliphatic carbocycles. The van der Waals surface area contributed by atoms with Crippen LogP contribution in [0.3, 0.4) is 0 Å². The van der Waals surface area contributed by atoms with Crippen molar-refractivity contribution < 1.29 is 9.47 Å². The number of benzene rings is 2. The molecule has 0 saturated carbocycles. The van der Waals surface area contributed by atoms with Crippen molar-refractivity contribution in [3.8, 4) is 11.5 Å². The van der Waals surface area contributed by atoms with E-state index in [4.69, 9.17) is 9.47 Å². The maximum Gasteiger partial charge on any atom is 0.193 e. The molecule has 1 heterocycles. The number of guanidine groups is 1. The normalized spacial score (nSPS) is 13.9. The van der Waals surface area contributed by atoms with Crippen LogP contribution in [0.2, 0.25) is 0 Å². The number of ether oxygens (including phenoxy) is 2. The van der Waals surface area contributed by atoms with E-state index < -0.39 is 0 Å². The first kappa shape index (κ1) is 24.1. The SMILES string of the molecule is CN=C(NCCCc1ccc(OC)c(OC)c1)N1CC=C(c2ccccc2)CC1.I. The van der Waals surface area contributed by atoms with E-state index in [0.29, 0.717) is 0 Å². The van der Waals surface area contributed by atoms with Crippen molar-refractivity contribution in [2.24, 2.45) is 4.99 Å². The van der Waals surface area contributed by atoms with Crippen molar-refractivity contribution in [3.05, 3.63) is 65.7 Å². The summed E-state index contributed by atoms with van der Waals surface area (Å²) in [6, 6.07) is 16.7. The van der Waals surface area contributed by atoms with E-state index in [1.165, 1.54) is 16.7 Å². The lowest BCUT2D eigenvalue weighted by Gasteiger charge is -2.29. The molecule has 0 spiro atoms. The fourth-order valence-electron chi connectivity index (χ4n) is 3.64. The second-order valence-electron chi connectivity index (χ2n) is 7.06. The summed E-state index contributed by atoms with van der Waals surface area (Å²) in [6.07, 6.45) is 5.35. The summed E-state index contributed by atoms with van der Waals surface area (Å²) in [7, 11) is 5.18. The van der Waals surface area contributed by atoms with Crippen LogP contribution in [-0.2, 0) is 6.42 Å². The van der Waals surface area contributed by atoms with Crippen molar-refractivity contribution in [3.63, 3.8) is 0 Å². The molecule has 0 atom stereocenters. The van der Waals surface area contributed by atoms with Crippen LogP contribution in [-0.4, -0.2) is 51.8 Å². The van der Waals surface area contributed by atoms with Crippen molar-refractivity contribution in [2.75, 3.05) is 40.9 Å². The third kappa shape index (κ3) is 6.39. The van der Waals surface area contributed by atoms with Crippen LogP contribution in [0.1, 0.15) is 24.0 Å². The van der Waals surface area contributed by atoms with Gasteiger partial charge in [0, 0.05) is 26.7 Å². The molecule has 1 aliphatic heterocycles. The van der Waals surface area contributed by atoms with Crippen LogP contribution in [0.5, 0.6) is 11.5 Å². The van der Waals surface area contributed by atoms with E-state index in [1.54, 1.807) is 14.2 Å². The Hall–Kier alpha value is -2.22. The molecule has 0 saturated heterocycles. The Morgan fingerprint density at radius 2 is 1.83 bits per heavy atom. The van der Waals surface area contributed by atoms with Crippen molar-refractivity contribution in [1.29, 1.82) is 0 Å². The molecule has 2 aromatic carbocycles. The lowest BCUT2D eigenvalue weighted by atomic mass is 10.00. The zero-order valence-electron chi connectivity index (χ0n) is 18.1. The summed E-state index contributed by atoms with van der Waals surface area (Å²) in [5.41, 5.74) is 3.99. The molecule has 0 bridgehead atoms. The number of halogens is 1. The predicted molar refractivity (Wildman–Crippen MR) is 135 cm³/mol. The lowest BCUT2D eigenvalue weighted by molar-refractivity contribution is 0.354. The Balaban J connectivity index is 0.00000320. The smallest absolute Gasteiger partial charge is 0.193 e. The Bertz CT molecular complexity index is 853. The minimum absolute atomic E-state index is 0. The summed E-state index contributed by atoms with van der Waals surface area (Å²) >= 11 is 0. The van der Waals surface area contributed by atoms with Gasteiger partial charge in [-0.05, 0) is 48.1 Å². The fraction of sp³-hybridized carbons (Fsp3) is 0.375. The van der Waals surface area contributed by atoms with Gasteiger partial charge in [0.1, 0.15) is 0 Å². The first-order valence-corrected chi connectivity index (χ1v) is 10.2. The van der Waals surface area contributed by atoms with Gasteiger partial charge in [0.05, 0.1) is 14.2 Å². The molecule has 2 aromatic rings. The third-order valence-corrected chi connectivity index (χ3v) is 5.24. The second kappa shape index (κ2) is 12.5. The number of aliphatic imine (C=N–C) groups is 1. The lowest BCUT2D eigenvalue weighted by Crippen LogP contribution is -2.43. The number of methoxy groups -OCH3 is 2. The highest BCUT2D eigenvalue weighted by atomic mass is 127. The zero-order valence-corrected chi connectivity index (χ0v) is 20.4. The van der Waals surface area contributed by atoms with Crippen LogP contribution in [0, 0.1) is 0 Å². The van der Waals surface area contributed by atoms with Gasteiger partial charge in [0.2, 0.25) is 0 Å². The first-order chi connectivity index (χ1) is 14.2. The van der Waals surface area contributed by atoms with E-state index in [0.717, 1.165) is 56.4 Å². The molecule has 0 unspecified atom stereocenters. The Labute approximate surface area is 197 Å². The van der Waals surface area contributed by atoms with Crippen LogP contribution >= 0.6 is 24.0 Å². The average Bonchev–Trinajstić information content (AvgIpc) is 2.79. The minimum atomic E-state index is 0. The first-order valence-electron chi connectivity index (χ1n) is 10.2. The molecule has 1 N–H and O–H groups in total. The van der Waals surface area contributed by atoms with Gasteiger partial charge in [-0.2, -0.15) is 0 Å². The molecule has 162 valence electrons. The fourth-order valence-corrected chi connectivity index (χ4v) is 3.64. The van der Waals surface area contributed by atoms with E-state index >= 15 is 0 Å². The molecular formula is C24H32IN3O2. The molecule has 3 rings (SSSR count). The van der Waals surface area contributed by atoms with Gasteiger partial charge in [-0.15, -0.1) is 24.0 Å². The van der Waals surface area contributed by atoms with Gasteiger partial charge in [-0.3, -0.25) is 4.99 Å². The number of hydrogen-bond acceptors (Lipinski definition) is 3. The van der Waals surface area contributed by atoms with Crippen LogP contribution in [0.15, 0.2) is 59.6 Å². The van der Waals surface area contributed by atoms with E-state index in [1.807, 2.05) is 19.2 Å². The molecule has 0 amide bonds. The second-order valence-corrected chi connectivity index (χ2v) is 7.06. The highest BCUT2D eigenvalue weighted by molar-refractivity contribution is 14.0. The largest absolute Gasteiger partial charge is 0.493 e. The molecule has 0 aromatic heterocycles. The Kier molecular flexibility index (Phi) is 10.00. The highest BCUT2D eigenvalue weighted by Gasteiger charge is 2.15. The topological polar surface area (TPSA) is 46.1 Å². The van der Waals surface area contributed by atoms with Crippen LogP contribution < -0.4 is 14.8 Å². The average molecular weight is 521 g/mol. The molecule has 30 heavy (non-hydrogen) atoms. The summed E-state index contributed by atoms with van der Waals surface area (Å²) in [4.78, 5) is 6.78. The highest BCUT2D eigenvalue weighted by Crippen LogP contribution is 2.28. The van der Waals surface area contributed by atoms with Gasteiger partial charge in [-0.1, -0.05) is 42.5 Å². The number of rotatable bonds is 7. The summed E-state index contributed by atoms with van der Waals surface area (Å²) in [5.74, 6) is 2.52. The number of nitrogens with zero attached hydrogens (tertiary/aromatic N) is 2. The minimum Gasteiger partial charge on any atom is -0.493 e. The Morgan fingerprint density at radius 3 is 2.47 bits per heavy atom. The van der Waals surface area contributed by atoms with E-state index in [9.17, 15) is 0 Å². The van der Waals surface area contributed by atoms with Crippen molar-refractivity contribution >= 4 is 35.5 Å². The van der Waals surface area contributed by atoms with Crippen LogP contribution in [0.25, 0.3) is 5.57 Å². The molecule has 6 heteroatoms. The summed E-state index contributed by atoms with van der Waals surface area (Å²) in [5, 5.41) is 3.51. The maximum absolute atomic E-state index is 5.39. The summed E-state index contributed by atoms with van der Waals surface area (Å²) in [6.45, 7) is 2.75. The molecule has 0 radical (unpaired) electrons. The van der Waals surface area contributed by atoms with Crippen molar-refractivity contribution in [2.45, 2.75) is 19.3 Å². The zero-order chi connectivity index (χ0) is 20.5. The quantitative estimate of drug-likeness (QED) is 0.250.